The molecule has 1 N–H and O–H groups in total. The van der Waals surface area contributed by atoms with Crippen LogP contribution in [0.15, 0.2) is 0 Å². The van der Waals surface area contributed by atoms with Gasteiger partial charge in [0.15, 0.2) is 0 Å². The van der Waals surface area contributed by atoms with Gasteiger partial charge in [0.2, 0.25) is 0 Å². The smallest absolute Gasteiger partial charge is 0.0465 e. The Morgan fingerprint density at radius 3 is 2.75 bits per heavy atom. The van der Waals surface area contributed by atoms with Gasteiger partial charge in [0, 0.05) is 19.8 Å². The highest BCUT2D eigenvalue weighted by Gasteiger charge is 2.22. The topological polar surface area (TPSA) is 21.3 Å². The highest BCUT2D eigenvalue weighted by atomic mass is 16.5. The third-order valence-electron chi connectivity index (χ3n) is 2.97. The molecule has 0 spiro atoms. The van der Waals surface area contributed by atoms with Gasteiger partial charge in [0.25, 0.3) is 0 Å². The first-order valence-corrected chi connectivity index (χ1v) is 5.04. The number of hydrogen-bond donors (Lipinski definition) is 1. The minimum Gasteiger partial charge on any atom is -0.385 e. The second-order valence-corrected chi connectivity index (χ2v) is 3.72. The minimum atomic E-state index is 0.744. The number of hydrogen-bond acceptors (Lipinski definition) is 2. The average molecular weight is 171 g/mol. The molecule has 0 aliphatic heterocycles. The van der Waals surface area contributed by atoms with Gasteiger partial charge < -0.3 is 10.1 Å². The van der Waals surface area contributed by atoms with Crippen molar-refractivity contribution in [1.29, 1.82) is 0 Å². The Bertz CT molecular complexity index is 116. The lowest BCUT2D eigenvalue weighted by molar-refractivity contribution is 0.151. The van der Waals surface area contributed by atoms with Gasteiger partial charge in [-0.25, -0.2) is 0 Å². The second kappa shape index (κ2) is 5.55. The molecule has 2 unspecified atom stereocenters. The van der Waals surface area contributed by atoms with Crippen LogP contribution in [0, 0.1) is 5.92 Å². The number of rotatable bonds is 4. The highest BCUT2D eigenvalue weighted by Crippen LogP contribution is 2.26. The van der Waals surface area contributed by atoms with Crippen LogP contribution in [0.4, 0.5) is 0 Å². The first-order chi connectivity index (χ1) is 5.88. The van der Waals surface area contributed by atoms with Crippen LogP contribution < -0.4 is 5.32 Å². The fourth-order valence-electron chi connectivity index (χ4n) is 2.20. The van der Waals surface area contributed by atoms with Crippen LogP contribution in [-0.2, 0) is 4.74 Å². The van der Waals surface area contributed by atoms with Crippen molar-refractivity contribution in [3.05, 3.63) is 0 Å². The highest BCUT2D eigenvalue weighted by molar-refractivity contribution is 4.79. The maximum atomic E-state index is 5.11. The number of methoxy groups -OCH3 is 1. The van der Waals surface area contributed by atoms with Crippen molar-refractivity contribution in [3.63, 3.8) is 0 Å². The predicted molar refractivity (Wildman–Crippen MR) is 51.3 cm³/mol. The molecule has 1 aliphatic carbocycles. The van der Waals surface area contributed by atoms with Crippen LogP contribution >= 0.6 is 0 Å². The lowest BCUT2D eigenvalue weighted by atomic mass is 9.83. The van der Waals surface area contributed by atoms with E-state index in [1.165, 1.54) is 32.1 Å². The molecule has 0 aromatic carbocycles. The fraction of sp³-hybridized carbons (Fsp3) is 1.00. The Morgan fingerprint density at radius 1 is 1.33 bits per heavy atom. The van der Waals surface area contributed by atoms with E-state index in [1.807, 2.05) is 0 Å². The summed E-state index contributed by atoms with van der Waals surface area (Å²) >= 11 is 0. The first kappa shape index (κ1) is 10.0. The number of nitrogens with one attached hydrogen (secondary N) is 1. The number of ether oxygens (including phenoxy) is 1. The molecule has 1 aliphatic rings. The van der Waals surface area contributed by atoms with Gasteiger partial charge >= 0.3 is 0 Å². The summed E-state index contributed by atoms with van der Waals surface area (Å²) in [4.78, 5) is 0. The Morgan fingerprint density at radius 2 is 2.08 bits per heavy atom. The van der Waals surface area contributed by atoms with Crippen molar-refractivity contribution in [2.75, 3.05) is 20.8 Å². The van der Waals surface area contributed by atoms with Crippen molar-refractivity contribution < 1.29 is 4.74 Å². The fourth-order valence-corrected chi connectivity index (χ4v) is 2.20. The normalized spacial score (nSPS) is 30.5. The van der Waals surface area contributed by atoms with E-state index in [2.05, 4.69) is 12.4 Å². The molecule has 2 nitrogen and oxygen atoms in total. The van der Waals surface area contributed by atoms with Gasteiger partial charge in [-0.3, -0.25) is 0 Å². The zero-order valence-electron chi connectivity index (χ0n) is 8.31. The minimum absolute atomic E-state index is 0.744. The zero-order valence-corrected chi connectivity index (χ0v) is 8.31. The Hall–Kier alpha value is -0.0800. The zero-order chi connectivity index (χ0) is 8.81. The Balaban J connectivity index is 2.26. The molecule has 1 saturated carbocycles. The lowest BCUT2D eigenvalue weighted by Gasteiger charge is -2.31. The van der Waals surface area contributed by atoms with Crippen molar-refractivity contribution in [2.45, 2.75) is 38.1 Å². The van der Waals surface area contributed by atoms with E-state index in [0.29, 0.717) is 0 Å². The molecule has 0 aromatic heterocycles. The standard InChI is InChI=1S/C10H21NO/c1-11-10-6-4-3-5-9(10)7-8-12-2/h9-11H,3-8H2,1-2H3. The van der Waals surface area contributed by atoms with Crippen molar-refractivity contribution in [3.8, 4) is 0 Å². The molecule has 2 heteroatoms. The summed E-state index contributed by atoms with van der Waals surface area (Å²) in [7, 11) is 3.87. The summed E-state index contributed by atoms with van der Waals surface area (Å²) in [6.07, 6.45) is 6.77. The lowest BCUT2D eigenvalue weighted by Crippen LogP contribution is -2.36. The summed E-state index contributed by atoms with van der Waals surface area (Å²) in [6.45, 7) is 0.919. The third-order valence-corrected chi connectivity index (χ3v) is 2.97. The van der Waals surface area contributed by atoms with Crippen molar-refractivity contribution in [1.82, 2.24) is 5.32 Å². The quantitative estimate of drug-likeness (QED) is 0.696. The van der Waals surface area contributed by atoms with E-state index < -0.39 is 0 Å². The van der Waals surface area contributed by atoms with Crippen molar-refractivity contribution in [2.24, 2.45) is 5.92 Å². The predicted octanol–water partition coefficient (Wildman–Crippen LogP) is 1.80. The molecule has 0 bridgehead atoms. The third kappa shape index (κ3) is 2.76. The molecule has 1 fully saturated rings. The SMILES string of the molecule is CNC1CCCCC1CCOC. The van der Waals surface area contributed by atoms with E-state index in [9.17, 15) is 0 Å². The average Bonchev–Trinajstić information content (AvgIpc) is 2.15. The second-order valence-electron chi connectivity index (χ2n) is 3.72. The summed E-state index contributed by atoms with van der Waals surface area (Å²) in [5.41, 5.74) is 0. The summed E-state index contributed by atoms with van der Waals surface area (Å²) in [6, 6.07) is 0.744. The summed E-state index contributed by atoms with van der Waals surface area (Å²) in [5.74, 6) is 0.851. The molecule has 0 saturated heterocycles. The van der Waals surface area contributed by atoms with E-state index in [0.717, 1.165) is 18.6 Å². The van der Waals surface area contributed by atoms with E-state index in [1.54, 1.807) is 7.11 Å². The molecule has 72 valence electrons. The van der Waals surface area contributed by atoms with Gasteiger partial charge in [-0.1, -0.05) is 12.8 Å². The van der Waals surface area contributed by atoms with Crippen LogP contribution in [0.3, 0.4) is 0 Å². The van der Waals surface area contributed by atoms with Crippen LogP contribution in [0.2, 0.25) is 0 Å². The molecular formula is C10H21NO. The summed E-state index contributed by atoms with van der Waals surface area (Å²) < 4.78 is 5.11. The van der Waals surface area contributed by atoms with E-state index in [-0.39, 0.29) is 0 Å². The van der Waals surface area contributed by atoms with Gasteiger partial charge in [0.05, 0.1) is 0 Å². The maximum absolute atomic E-state index is 5.11. The molecule has 0 amide bonds. The largest absolute Gasteiger partial charge is 0.385 e. The molecule has 0 radical (unpaired) electrons. The molecule has 12 heavy (non-hydrogen) atoms. The molecule has 0 heterocycles. The molecule has 1 rings (SSSR count). The Labute approximate surface area is 75.7 Å². The molecular weight excluding hydrogens is 150 g/mol. The first-order valence-electron chi connectivity index (χ1n) is 5.04. The van der Waals surface area contributed by atoms with E-state index in [4.69, 9.17) is 4.74 Å². The summed E-state index contributed by atoms with van der Waals surface area (Å²) in [5, 5.41) is 3.41. The van der Waals surface area contributed by atoms with Crippen LogP contribution in [-0.4, -0.2) is 26.8 Å². The van der Waals surface area contributed by atoms with Gasteiger partial charge in [-0.05, 0) is 32.2 Å². The maximum Gasteiger partial charge on any atom is 0.0465 e. The van der Waals surface area contributed by atoms with Crippen molar-refractivity contribution >= 4 is 0 Å². The van der Waals surface area contributed by atoms with Crippen LogP contribution in [0.25, 0.3) is 0 Å². The van der Waals surface area contributed by atoms with E-state index >= 15 is 0 Å². The molecule has 2 atom stereocenters. The van der Waals surface area contributed by atoms with Crippen LogP contribution in [0.5, 0.6) is 0 Å². The van der Waals surface area contributed by atoms with Crippen LogP contribution in [0.1, 0.15) is 32.1 Å². The van der Waals surface area contributed by atoms with Gasteiger partial charge in [-0.2, -0.15) is 0 Å². The Kier molecular flexibility index (Phi) is 4.62. The van der Waals surface area contributed by atoms with Gasteiger partial charge in [0.1, 0.15) is 0 Å². The van der Waals surface area contributed by atoms with Gasteiger partial charge in [-0.15, -0.1) is 0 Å². The molecule has 0 aromatic rings. The monoisotopic (exact) mass is 171 g/mol.